The summed E-state index contributed by atoms with van der Waals surface area (Å²) < 4.78 is 0. The third kappa shape index (κ3) is 2.22. The first-order valence-corrected chi connectivity index (χ1v) is 5.56. The molecule has 1 aliphatic heterocycles. The number of nitroso groups, excluding NO2 is 1. The molecule has 0 spiro atoms. The summed E-state index contributed by atoms with van der Waals surface area (Å²) in [6.45, 7) is 3.08. The summed E-state index contributed by atoms with van der Waals surface area (Å²) in [7, 11) is 4.14. The van der Waals surface area contributed by atoms with E-state index in [9.17, 15) is 4.91 Å². The zero-order valence-corrected chi connectivity index (χ0v) is 9.81. The van der Waals surface area contributed by atoms with E-state index in [-0.39, 0.29) is 0 Å². The molecule has 1 aromatic carbocycles. The molecule has 0 atom stereocenters. The van der Waals surface area contributed by atoms with Gasteiger partial charge in [0.2, 0.25) is 0 Å². The first-order chi connectivity index (χ1) is 7.70. The number of rotatable bonds is 4. The predicted molar refractivity (Wildman–Crippen MR) is 66.4 cm³/mol. The van der Waals surface area contributed by atoms with Gasteiger partial charge in [0.05, 0.1) is 0 Å². The molecule has 16 heavy (non-hydrogen) atoms. The highest BCUT2D eigenvalue weighted by molar-refractivity contribution is 5.63. The third-order valence-electron chi connectivity index (χ3n) is 2.98. The van der Waals surface area contributed by atoms with E-state index in [0.29, 0.717) is 5.69 Å². The molecule has 4 heteroatoms. The molecule has 0 bridgehead atoms. The Morgan fingerprint density at radius 2 is 2.25 bits per heavy atom. The van der Waals surface area contributed by atoms with Crippen molar-refractivity contribution in [1.82, 2.24) is 4.90 Å². The van der Waals surface area contributed by atoms with Crippen LogP contribution < -0.4 is 4.90 Å². The number of hydrogen-bond acceptors (Lipinski definition) is 4. The Labute approximate surface area is 95.8 Å². The Morgan fingerprint density at radius 1 is 1.44 bits per heavy atom. The second-order valence-corrected chi connectivity index (χ2v) is 4.44. The Kier molecular flexibility index (Phi) is 3.19. The van der Waals surface area contributed by atoms with Gasteiger partial charge in [0.15, 0.2) is 0 Å². The molecule has 1 aromatic rings. The average Bonchev–Trinajstić information content (AvgIpc) is 2.68. The molecule has 0 saturated carbocycles. The van der Waals surface area contributed by atoms with Crippen molar-refractivity contribution in [2.24, 2.45) is 5.18 Å². The monoisotopic (exact) mass is 219 g/mol. The van der Waals surface area contributed by atoms with Gasteiger partial charge in [0.25, 0.3) is 0 Å². The molecule has 0 saturated heterocycles. The zero-order chi connectivity index (χ0) is 11.5. The van der Waals surface area contributed by atoms with E-state index in [1.54, 1.807) is 6.07 Å². The van der Waals surface area contributed by atoms with Crippen LogP contribution in [-0.2, 0) is 6.42 Å². The SMILES string of the molecule is CN(C)CCN1CCc2ccc(N=O)cc21. The predicted octanol–water partition coefficient (Wildman–Crippen LogP) is 2.01. The smallest absolute Gasteiger partial charge is 0.110 e. The first-order valence-electron chi connectivity index (χ1n) is 5.56. The topological polar surface area (TPSA) is 35.9 Å². The van der Waals surface area contributed by atoms with Crippen LogP contribution in [-0.4, -0.2) is 38.6 Å². The summed E-state index contributed by atoms with van der Waals surface area (Å²) in [4.78, 5) is 15.0. The number of nitrogens with zero attached hydrogens (tertiary/aromatic N) is 3. The maximum absolute atomic E-state index is 10.5. The first kappa shape index (κ1) is 11.1. The lowest BCUT2D eigenvalue weighted by Gasteiger charge is -2.21. The van der Waals surface area contributed by atoms with Gasteiger partial charge < -0.3 is 9.80 Å². The second-order valence-electron chi connectivity index (χ2n) is 4.44. The van der Waals surface area contributed by atoms with Crippen LogP contribution in [0.3, 0.4) is 0 Å². The maximum atomic E-state index is 10.5. The van der Waals surface area contributed by atoms with E-state index in [1.165, 1.54) is 11.3 Å². The largest absolute Gasteiger partial charge is 0.370 e. The Morgan fingerprint density at radius 3 is 2.94 bits per heavy atom. The molecule has 0 radical (unpaired) electrons. The van der Waals surface area contributed by atoms with Gasteiger partial charge in [-0.25, -0.2) is 0 Å². The number of likely N-dealkylation sites (N-methyl/N-ethyl adjacent to an activating group) is 1. The molecule has 0 aliphatic carbocycles. The van der Waals surface area contributed by atoms with Gasteiger partial charge in [-0.15, -0.1) is 4.91 Å². The fraction of sp³-hybridized carbons (Fsp3) is 0.500. The molecule has 0 aromatic heterocycles. The minimum atomic E-state index is 0.524. The average molecular weight is 219 g/mol. The number of hydrogen-bond donors (Lipinski definition) is 0. The Balaban J connectivity index is 2.14. The lowest BCUT2D eigenvalue weighted by molar-refractivity contribution is 0.414. The normalized spacial score (nSPS) is 14.3. The van der Waals surface area contributed by atoms with Crippen molar-refractivity contribution in [1.29, 1.82) is 0 Å². The van der Waals surface area contributed by atoms with Gasteiger partial charge >= 0.3 is 0 Å². The molecule has 4 nitrogen and oxygen atoms in total. The van der Waals surface area contributed by atoms with Crippen LogP contribution in [0.5, 0.6) is 0 Å². The number of fused-ring (bicyclic) bond motifs is 1. The molecule has 1 aliphatic rings. The minimum absolute atomic E-state index is 0.524. The lowest BCUT2D eigenvalue weighted by atomic mass is 10.1. The van der Waals surface area contributed by atoms with Crippen molar-refractivity contribution >= 4 is 11.4 Å². The van der Waals surface area contributed by atoms with Crippen molar-refractivity contribution < 1.29 is 0 Å². The van der Waals surface area contributed by atoms with Crippen LogP contribution in [0.1, 0.15) is 5.56 Å². The van der Waals surface area contributed by atoms with Crippen LogP contribution in [0.25, 0.3) is 0 Å². The van der Waals surface area contributed by atoms with Crippen molar-refractivity contribution in [3.8, 4) is 0 Å². The molecule has 0 N–H and O–H groups in total. The van der Waals surface area contributed by atoms with E-state index < -0.39 is 0 Å². The van der Waals surface area contributed by atoms with E-state index >= 15 is 0 Å². The van der Waals surface area contributed by atoms with E-state index in [1.807, 2.05) is 12.1 Å². The van der Waals surface area contributed by atoms with Gasteiger partial charge in [-0.2, -0.15) is 0 Å². The molecule has 2 rings (SSSR count). The van der Waals surface area contributed by atoms with Crippen molar-refractivity contribution in [3.63, 3.8) is 0 Å². The fourth-order valence-electron chi connectivity index (χ4n) is 2.04. The second kappa shape index (κ2) is 4.61. The summed E-state index contributed by atoms with van der Waals surface area (Å²) in [5, 5.41) is 2.99. The quantitative estimate of drug-likeness (QED) is 0.727. The summed E-state index contributed by atoms with van der Waals surface area (Å²) >= 11 is 0. The fourth-order valence-corrected chi connectivity index (χ4v) is 2.04. The van der Waals surface area contributed by atoms with Crippen LogP contribution in [0.15, 0.2) is 23.4 Å². The minimum Gasteiger partial charge on any atom is -0.370 e. The van der Waals surface area contributed by atoms with E-state index in [0.717, 1.165) is 26.1 Å². The molecular weight excluding hydrogens is 202 g/mol. The molecular formula is C12H17N3O. The molecule has 0 unspecified atom stereocenters. The van der Waals surface area contributed by atoms with Crippen LogP contribution in [0.4, 0.5) is 11.4 Å². The lowest BCUT2D eigenvalue weighted by Crippen LogP contribution is -2.30. The summed E-state index contributed by atoms with van der Waals surface area (Å²) in [6, 6.07) is 5.70. The standard InChI is InChI=1S/C12H17N3O/c1-14(2)7-8-15-6-5-10-3-4-11(13-16)9-12(10)15/h3-4,9H,5-8H2,1-2H3. The van der Waals surface area contributed by atoms with Crippen LogP contribution in [0.2, 0.25) is 0 Å². The van der Waals surface area contributed by atoms with E-state index in [4.69, 9.17) is 0 Å². The van der Waals surface area contributed by atoms with Crippen molar-refractivity contribution in [2.75, 3.05) is 38.6 Å². The van der Waals surface area contributed by atoms with Crippen molar-refractivity contribution in [3.05, 3.63) is 28.7 Å². The summed E-state index contributed by atoms with van der Waals surface area (Å²) in [5.74, 6) is 0. The molecule has 0 amide bonds. The molecule has 86 valence electrons. The van der Waals surface area contributed by atoms with Gasteiger partial charge in [0.1, 0.15) is 5.69 Å². The highest BCUT2D eigenvalue weighted by Crippen LogP contribution is 2.31. The number of benzene rings is 1. The summed E-state index contributed by atoms with van der Waals surface area (Å²) in [6.07, 6.45) is 1.07. The van der Waals surface area contributed by atoms with Crippen LogP contribution in [0, 0.1) is 4.91 Å². The Bertz CT molecular complexity index is 390. The van der Waals surface area contributed by atoms with Gasteiger partial charge in [-0.1, -0.05) is 6.07 Å². The molecule has 0 fully saturated rings. The summed E-state index contributed by atoms with van der Waals surface area (Å²) in [5.41, 5.74) is 3.03. The maximum Gasteiger partial charge on any atom is 0.110 e. The highest BCUT2D eigenvalue weighted by atomic mass is 16.3. The number of anilines is 1. The zero-order valence-electron chi connectivity index (χ0n) is 9.81. The van der Waals surface area contributed by atoms with Gasteiger partial charge in [-0.3, -0.25) is 0 Å². The van der Waals surface area contributed by atoms with Crippen LogP contribution >= 0.6 is 0 Å². The van der Waals surface area contributed by atoms with Gasteiger partial charge in [-0.05, 0) is 43.4 Å². The highest BCUT2D eigenvalue weighted by Gasteiger charge is 2.19. The van der Waals surface area contributed by atoms with Gasteiger partial charge in [0, 0.05) is 25.3 Å². The van der Waals surface area contributed by atoms with Crippen molar-refractivity contribution in [2.45, 2.75) is 6.42 Å². The third-order valence-corrected chi connectivity index (χ3v) is 2.98. The van der Waals surface area contributed by atoms with E-state index in [2.05, 4.69) is 29.1 Å². The molecule has 1 heterocycles. The Hall–Kier alpha value is -1.42.